The number of methoxy groups -OCH3 is 1. The second kappa shape index (κ2) is 8.50. The van der Waals surface area contributed by atoms with Crippen molar-refractivity contribution in [2.24, 2.45) is 0 Å². The lowest BCUT2D eigenvalue weighted by molar-refractivity contribution is -0.117. The lowest BCUT2D eigenvalue weighted by atomic mass is 10.1. The molecule has 5 rings (SSSR count). The first-order valence-corrected chi connectivity index (χ1v) is 11.1. The summed E-state index contributed by atoms with van der Waals surface area (Å²) in [6, 6.07) is 24.5. The molecule has 0 N–H and O–H groups in total. The number of carbonyl (C=O) groups excluding carboxylic acids is 1. The van der Waals surface area contributed by atoms with Gasteiger partial charge in [-0.2, -0.15) is 0 Å². The largest absolute Gasteiger partial charge is 0.496 e. The Morgan fingerprint density at radius 2 is 1.69 bits per heavy atom. The number of hydrogen-bond donors (Lipinski definition) is 0. The smallest absolute Gasteiger partial charge is 0.227 e. The van der Waals surface area contributed by atoms with Crippen LogP contribution in [0.2, 0.25) is 0 Å². The Hall–Kier alpha value is -3.60. The Balaban J connectivity index is 1.55. The van der Waals surface area contributed by atoms with E-state index in [-0.39, 0.29) is 11.8 Å². The summed E-state index contributed by atoms with van der Waals surface area (Å²) in [5, 5.41) is 0. The van der Waals surface area contributed by atoms with Gasteiger partial charge in [-0.25, -0.2) is 4.98 Å². The van der Waals surface area contributed by atoms with Gasteiger partial charge < -0.3 is 14.2 Å². The molecule has 1 atom stereocenters. The summed E-state index contributed by atoms with van der Waals surface area (Å²) in [4.78, 5) is 20.0. The van der Waals surface area contributed by atoms with Gasteiger partial charge in [-0.15, -0.1) is 0 Å². The van der Waals surface area contributed by atoms with Crippen LogP contribution in [0.5, 0.6) is 5.75 Å². The Bertz CT molecular complexity index is 1280. The summed E-state index contributed by atoms with van der Waals surface area (Å²) in [6.07, 6.45) is 1.37. The standard InChI is InChI=1S/C27H27N3O2/c1-3-19-10-4-7-13-23(19)29-18-21(16-26(29)31)27-28-22-12-6-8-14-24(22)30(27)17-20-11-5-9-15-25(20)32-2/h4-15,21H,3,16-18H2,1-2H3. The maximum absolute atomic E-state index is 13.1. The third-order valence-corrected chi connectivity index (χ3v) is 6.36. The van der Waals surface area contributed by atoms with E-state index in [1.165, 1.54) is 5.56 Å². The highest BCUT2D eigenvalue weighted by molar-refractivity contribution is 5.97. The van der Waals surface area contributed by atoms with E-state index in [1.807, 2.05) is 53.4 Å². The second-order valence-corrected chi connectivity index (χ2v) is 8.24. The minimum absolute atomic E-state index is 0.0366. The molecule has 0 radical (unpaired) electrons. The van der Waals surface area contributed by atoms with Crippen LogP contribution in [0, 0.1) is 0 Å². The van der Waals surface area contributed by atoms with Crippen LogP contribution >= 0.6 is 0 Å². The molecule has 32 heavy (non-hydrogen) atoms. The van der Waals surface area contributed by atoms with Crippen LogP contribution in [0.1, 0.15) is 36.2 Å². The third-order valence-electron chi connectivity index (χ3n) is 6.36. The lowest BCUT2D eigenvalue weighted by Gasteiger charge is -2.20. The highest BCUT2D eigenvalue weighted by Crippen LogP contribution is 2.35. The summed E-state index contributed by atoms with van der Waals surface area (Å²) in [7, 11) is 1.70. The molecule has 1 aromatic heterocycles. The quantitative estimate of drug-likeness (QED) is 0.428. The Kier molecular flexibility index (Phi) is 5.39. The van der Waals surface area contributed by atoms with Gasteiger partial charge in [-0.1, -0.05) is 55.5 Å². The van der Waals surface area contributed by atoms with Gasteiger partial charge in [-0.3, -0.25) is 4.79 Å². The first-order chi connectivity index (χ1) is 15.7. The first kappa shape index (κ1) is 20.3. The summed E-state index contributed by atoms with van der Waals surface area (Å²) in [5.41, 5.74) is 5.35. The molecule has 1 aliphatic heterocycles. The van der Waals surface area contributed by atoms with Crippen molar-refractivity contribution in [2.75, 3.05) is 18.6 Å². The summed E-state index contributed by atoms with van der Waals surface area (Å²) in [5.74, 6) is 2.01. The van der Waals surface area contributed by atoms with E-state index in [2.05, 4.69) is 35.8 Å². The number of amides is 1. The van der Waals surface area contributed by atoms with E-state index in [9.17, 15) is 4.79 Å². The molecule has 5 nitrogen and oxygen atoms in total. The van der Waals surface area contributed by atoms with Crippen LogP contribution in [0.25, 0.3) is 11.0 Å². The van der Waals surface area contributed by atoms with Crippen molar-refractivity contribution < 1.29 is 9.53 Å². The van der Waals surface area contributed by atoms with Crippen LogP contribution in [0.3, 0.4) is 0 Å². The van der Waals surface area contributed by atoms with Gasteiger partial charge in [-0.05, 0) is 36.2 Å². The van der Waals surface area contributed by atoms with Crippen molar-refractivity contribution in [2.45, 2.75) is 32.2 Å². The molecule has 0 bridgehead atoms. The fourth-order valence-corrected chi connectivity index (χ4v) is 4.76. The molecule has 162 valence electrons. The van der Waals surface area contributed by atoms with E-state index in [0.29, 0.717) is 19.5 Å². The van der Waals surface area contributed by atoms with E-state index in [1.54, 1.807) is 7.11 Å². The number of aromatic nitrogens is 2. The Morgan fingerprint density at radius 3 is 2.50 bits per heavy atom. The molecule has 1 aliphatic rings. The number of hydrogen-bond acceptors (Lipinski definition) is 3. The van der Waals surface area contributed by atoms with Crippen LogP contribution in [-0.4, -0.2) is 29.1 Å². The van der Waals surface area contributed by atoms with Gasteiger partial charge in [0.15, 0.2) is 0 Å². The van der Waals surface area contributed by atoms with E-state index in [4.69, 9.17) is 9.72 Å². The first-order valence-electron chi connectivity index (χ1n) is 11.1. The van der Waals surface area contributed by atoms with Crippen LogP contribution in [0.4, 0.5) is 5.69 Å². The molecule has 2 heterocycles. The average Bonchev–Trinajstić information content (AvgIpc) is 3.40. The zero-order chi connectivity index (χ0) is 22.1. The van der Waals surface area contributed by atoms with Crippen LogP contribution in [-0.2, 0) is 17.8 Å². The molecular formula is C27H27N3O2. The molecule has 0 saturated carbocycles. The summed E-state index contributed by atoms with van der Waals surface area (Å²) >= 11 is 0. The third kappa shape index (κ3) is 3.54. The zero-order valence-electron chi connectivity index (χ0n) is 18.5. The molecular weight excluding hydrogens is 398 g/mol. The van der Waals surface area contributed by atoms with Gasteiger partial charge in [0.1, 0.15) is 11.6 Å². The number of aryl methyl sites for hydroxylation is 1. The van der Waals surface area contributed by atoms with E-state index in [0.717, 1.165) is 40.3 Å². The average molecular weight is 426 g/mol. The van der Waals surface area contributed by atoms with Crippen LogP contribution < -0.4 is 9.64 Å². The topological polar surface area (TPSA) is 47.4 Å². The highest BCUT2D eigenvalue weighted by atomic mass is 16.5. The summed E-state index contributed by atoms with van der Waals surface area (Å²) in [6.45, 7) is 3.42. The minimum Gasteiger partial charge on any atom is -0.496 e. The number of ether oxygens (including phenoxy) is 1. The predicted octanol–water partition coefficient (Wildman–Crippen LogP) is 5.18. The number of rotatable bonds is 6. The number of para-hydroxylation sites is 4. The number of benzene rings is 3. The fraction of sp³-hybridized carbons (Fsp3) is 0.259. The SMILES string of the molecule is CCc1ccccc1N1CC(c2nc3ccccc3n2Cc2ccccc2OC)CC1=O. The molecule has 0 aliphatic carbocycles. The number of fused-ring (bicyclic) bond motifs is 1. The molecule has 4 aromatic rings. The number of imidazole rings is 1. The molecule has 0 spiro atoms. The van der Waals surface area contributed by atoms with E-state index < -0.39 is 0 Å². The lowest BCUT2D eigenvalue weighted by Crippen LogP contribution is -2.25. The van der Waals surface area contributed by atoms with Crippen molar-refractivity contribution in [3.63, 3.8) is 0 Å². The molecule has 5 heteroatoms. The summed E-state index contributed by atoms with van der Waals surface area (Å²) < 4.78 is 7.84. The molecule has 1 amide bonds. The van der Waals surface area contributed by atoms with Gasteiger partial charge in [0.25, 0.3) is 0 Å². The maximum Gasteiger partial charge on any atom is 0.227 e. The van der Waals surface area contributed by atoms with Crippen molar-refractivity contribution in [1.82, 2.24) is 9.55 Å². The van der Waals surface area contributed by atoms with Gasteiger partial charge >= 0.3 is 0 Å². The minimum atomic E-state index is 0.0366. The highest BCUT2D eigenvalue weighted by Gasteiger charge is 2.35. The van der Waals surface area contributed by atoms with E-state index >= 15 is 0 Å². The Morgan fingerprint density at radius 1 is 0.969 bits per heavy atom. The Labute approximate surface area is 188 Å². The maximum atomic E-state index is 13.1. The second-order valence-electron chi connectivity index (χ2n) is 8.24. The molecule has 1 unspecified atom stereocenters. The molecule has 3 aromatic carbocycles. The monoisotopic (exact) mass is 425 g/mol. The van der Waals surface area contributed by atoms with Crippen molar-refractivity contribution in [3.8, 4) is 5.75 Å². The normalized spacial score (nSPS) is 16.1. The number of anilines is 1. The van der Waals surface area contributed by atoms with Gasteiger partial charge in [0.05, 0.1) is 24.7 Å². The predicted molar refractivity (Wildman–Crippen MR) is 127 cm³/mol. The molecule has 1 fully saturated rings. The van der Waals surface area contributed by atoms with Gasteiger partial charge in [0.2, 0.25) is 5.91 Å². The van der Waals surface area contributed by atoms with Crippen molar-refractivity contribution in [1.29, 1.82) is 0 Å². The van der Waals surface area contributed by atoms with Crippen molar-refractivity contribution in [3.05, 3.63) is 89.7 Å². The van der Waals surface area contributed by atoms with Crippen LogP contribution in [0.15, 0.2) is 72.8 Å². The zero-order valence-corrected chi connectivity index (χ0v) is 18.5. The van der Waals surface area contributed by atoms with Crippen molar-refractivity contribution >= 4 is 22.6 Å². The van der Waals surface area contributed by atoms with Gasteiger partial charge in [0, 0.05) is 30.1 Å². The molecule has 1 saturated heterocycles. The number of nitrogens with zero attached hydrogens (tertiary/aromatic N) is 3. The number of carbonyl (C=O) groups is 1. The fourth-order valence-electron chi connectivity index (χ4n) is 4.76.